The molecule has 0 saturated heterocycles. The van der Waals surface area contributed by atoms with Crippen LogP contribution in [0, 0.1) is 0 Å². The number of rotatable bonds is 14. The van der Waals surface area contributed by atoms with E-state index in [9.17, 15) is 15.0 Å². The van der Waals surface area contributed by atoms with E-state index in [-0.39, 0.29) is 11.3 Å². The highest BCUT2D eigenvalue weighted by molar-refractivity contribution is 5.87. The van der Waals surface area contributed by atoms with Gasteiger partial charge in [0.25, 0.3) is 0 Å². The van der Waals surface area contributed by atoms with Crippen molar-refractivity contribution in [3.8, 4) is 22.6 Å². The average molecular weight is 641 g/mol. The topological polar surface area (TPSA) is 119 Å². The summed E-state index contributed by atoms with van der Waals surface area (Å²) >= 11 is 0. The fourth-order valence-corrected chi connectivity index (χ4v) is 5.86. The molecule has 8 heteroatoms. The van der Waals surface area contributed by atoms with Gasteiger partial charge in [0, 0.05) is 48.0 Å². The van der Waals surface area contributed by atoms with Crippen LogP contribution in [0.4, 0.5) is 11.4 Å². The van der Waals surface area contributed by atoms with Crippen molar-refractivity contribution in [2.24, 2.45) is 0 Å². The number of aliphatic hydroxyl groups is 1. The highest BCUT2D eigenvalue weighted by atomic mass is 16.5. The number of nitrogens with one attached hydrogen (secondary N) is 4. The summed E-state index contributed by atoms with van der Waals surface area (Å²) in [5.74, 6) is 0.793. The van der Waals surface area contributed by atoms with Gasteiger partial charge in [0.1, 0.15) is 11.5 Å². The fraction of sp³-hybridized carbons (Fsp3) is 0.175. The van der Waals surface area contributed by atoms with Crippen LogP contribution in [0.5, 0.6) is 11.5 Å². The Labute approximate surface area is 280 Å². The van der Waals surface area contributed by atoms with Gasteiger partial charge < -0.3 is 35.9 Å². The summed E-state index contributed by atoms with van der Waals surface area (Å²) in [6, 6.07) is 39.6. The van der Waals surface area contributed by atoms with E-state index in [0.29, 0.717) is 29.6 Å². The number of aromatic amines is 1. The fourth-order valence-electron chi connectivity index (χ4n) is 5.86. The number of aromatic nitrogens is 1. The summed E-state index contributed by atoms with van der Waals surface area (Å²) in [7, 11) is 1.70. The number of ether oxygens (including phenoxy) is 1. The van der Waals surface area contributed by atoms with Crippen LogP contribution in [-0.2, 0) is 19.5 Å². The first-order chi connectivity index (χ1) is 23.5. The van der Waals surface area contributed by atoms with Gasteiger partial charge >= 0.3 is 0 Å². The zero-order valence-electron chi connectivity index (χ0n) is 26.9. The molecule has 0 aliphatic heterocycles. The number of H-pyrrole nitrogens is 1. The summed E-state index contributed by atoms with van der Waals surface area (Å²) in [6.45, 7) is 2.60. The molecule has 1 aromatic heterocycles. The first kappa shape index (κ1) is 32.5. The molecule has 0 aliphatic rings. The van der Waals surface area contributed by atoms with Crippen LogP contribution in [-0.4, -0.2) is 35.4 Å². The Morgan fingerprint density at radius 2 is 1.52 bits per heavy atom. The van der Waals surface area contributed by atoms with Crippen LogP contribution in [0.1, 0.15) is 28.4 Å². The SMILES string of the molecule is COc1ccc(Nc2ccc(CCNC[C@H](O)c3ccc(O)c4[nH]c(=O)ccc34)cc2)cc1-c1cccc(CNCc2ccccc2)c1. The van der Waals surface area contributed by atoms with Gasteiger partial charge in [-0.25, -0.2) is 0 Å². The second kappa shape index (κ2) is 15.5. The molecule has 1 heterocycles. The molecule has 0 saturated carbocycles. The van der Waals surface area contributed by atoms with Crippen LogP contribution in [0.2, 0.25) is 0 Å². The van der Waals surface area contributed by atoms with Gasteiger partial charge in [0.15, 0.2) is 0 Å². The second-order valence-electron chi connectivity index (χ2n) is 11.8. The largest absolute Gasteiger partial charge is 0.506 e. The predicted molar refractivity (Wildman–Crippen MR) is 193 cm³/mol. The van der Waals surface area contributed by atoms with Crippen molar-refractivity contribution in [2.75, 3.05) is 25.5 Å². The summed E-state index contributed by atoms with van der Waals surface area (Å²) in [6.07, 6.45) is -0.00128. The number of pyridine rings is 1. The van der Waals surface area contributed by atoms with E-state index in [0.717, 1.165) is 47.8 Å². The molecule has 0 radical (unpaired) electrons. The average Bonchev–Trinajstić information content (AvgIpc) is 3.11. The summed E-state index contributed by atoms with van der Waals surface area (Å²) in [5, 5.41) is 31.9. The normalized spacial score (nSPS) is 11.8. The number of aromatic hydroxyl groups is 1. The monoisotopic (exact) mass is 640 g/mol. The molecular weight excluding hydrogens is 600 g/mol. The molecule has 8 nitrogen and oxygen atoms in total. The smallest absolute Gasteiger partial charge is 0.248 e. The van der Waals surface area contributed by atoms with E-state index in [4.69, 9.17) is 4.74 Å². The Hall–Kier alpha value is -5.41. The van der Waals surface area contributed by atoms with Gasteiger partial charge in [-0.2, -0.15) is 0 Å². The van der Waals surface area contributed by atoms with Crippen molar-refractivity contribution in [2.45, 2.75) is 25.6 Å². The van der Waals surface area contributed by atoms with Gasteiger partial charge in [0.05, 0.1) is 18.7 Å². The molecule has 0 unspecified atom stereocenters. The van der Waals surface area contributed by atoms with E-state index >= 15 is 0 Å². The van der Waals surface area contributed by atoms with Gasteiger partial charge in [-0.3, -0.25) is 4.79 Å². The van der Waals surface area contributed by atoms with E-state index in [1.165, 1.54) is 28.8 Å². The number of hydrogen-bond acceptors (Lipinski definition) is 7. The maximum atomic E-state index is 11.7. The van der Waals surface area contributed by atoms with E-state index < -0.39 is 6.10 Å². The molecule has 5 aromatic carbocycles. The maximum Gasteiger partial charge on any atom is 0.248 e. The van der Waals surface area contributed by atoms with Crippen LogP contribution in [0.3, 0.4) is 0 Å². The van der Waals surface area contributed by atoms with Crippen molar-refractivity contribution in [3.63, 3.8) is 0 Å². The lowest BCUT2D eigenvalue weighted by Crippen LogP contribution is -2.24. The zero-order valence-corrected chi connectivity index (χ0v) is 26.9. The van der Waals surface area contributed by atoms with Gasteiger partial charge in [-0.15, -0.1) is 0 Å². The molecule has 6 N–H and O–H groups in total. The summed E-state index contributed by atoms with van der Waals surface area (Å²) in [4.78, 5) is 14.3. The zero-order chi connectivity index (χ0) is 33.3. The van der Waals surface area contributed by atoms with Crippen LogP contribution in [0.25, 0.3) is 22.0 Å². The van der Waals surface area contributed by atoms with Crippen LogP contribution in [0.15, 0.2) is 126 Å². The quantitative estimate of drug-likeness (QED) is 0.0725. The minimum absolute atomic E-state index is 0.0229. The number of anilines is 2. The standard InChI is InChI=1S/C40H40N4O4/c1-48-38-18-14-32(23-35(38)30-9-5-8-29(22-30)25-42-24-28-6-3-2-4-7-28)43-31-12-10-27(11-13-31)20-21-41-26-37(46)33-15-17-36(45)40-34(33)16-19-39(47)44-40/h2-19,22-23,37,41-43,45-46H,20-21,24-26H2,1H3,(H,44,47)/t37-/m0/s1. The first-order valence-corrected chi connectivity index (χ1v) is 16.1. The lowest BCUT2D eigenvalue weighted by atomic mass is 10.0. The lowest BCUT2D eigenvalue weighted by Gasteiger charge is -2.15. The summed E-state index contributed by atoms with van der Waals surface area (Å²) in [5.41, 5.74) is 8.36. The minimum atomic E-state index is -0.793. The molecule has 0 bridgehead atoms. The highest BCUT2D eigenvalue weighted by Gasteiger charge is 2.14. The van der Waals surface area contributed by atoms with Crippen molar-refractivity contribution in [1.29, 1.82) is 0 Å². The number of benzene rings is 5. The molecular formula is C40H40N4O4. The number of aliphatic hydroxyl groups excluding tert-OH is 1. The van der Waals surface area contributed by atoms with Crippen molar-refractivity contribution in [1.82, 2.24) is 15.6 Å². The Morgan fingerprint density at radius 1 is 0.750 bits per heavy atom. The van der Waals surface area contributed by atoms with E-state index in [2.05, 4.69) is 99.8 Å². The van der Waals surface area contributed by atoms with E-state index in [1.807, 2.05) is 18.2 Å². The molecule has 0 aliphatic carbocycles. The maximum absolute atomic E-state index is 11.7. The van der Waals surface area contributed by atoms with E-state index in [1.54, 1.807) is 19.2 Å². The second-order valence-corrected chi connectivity index (χ2v) is 11.8. The Balaban J connectivity index is 1.03. The van der Waals surface area contributed by atoms with Crippen LogP contribution >= 0.6 is 0 Å². The van der Waals surface area contributed by atoms with Gasteiger partial charge in [-0.1, -0.05) is 66.7 Å². The van der Waals surface area contributed by atoms with Gasteiger partial charge in [0.2, 0.25) is 5.56 Å². The number of phenols is 1. The van der Waals surface area contributed by atoms with Crippen molar-refractivity contribution >= 4 is 22.3 Å². The van der Waals surface area contributed by atoms with Gasteiger partial charge in [-0.05, 0) is 89.3 Å². The number of fused-ring (bicyclic) bond motifs is 1. The molecule has 48 heavy (non-hydrogen) atoms. The molecule has 6 aromatic rings. The number of hydrogen-bond donors (Lipinski definition) is 6. The molecule has 0 spiro atoms. The minimum Gasteiger partial charge on any atom is -0.506 e. The molecule has 1 atom stereocenters. The molecule has 244 valence electrons. The highest BCUT2D eigenvalue weighted by Crippen LogP contribution is 2.34. The lowest BCUT2D eigenvalue weighted by molar-refractivity contribution is 0.176. The molecule has 6 rings (SSSR count). The summed E-state index contributed by atoms with van der Waals surface area (Å²) < 4.78 is 5.73. The number of phenolic OH excluding ortho intramolecular Hbond substituents is 1. The Morgan fingerprint density at radius 3 is 2.33 bits per heavy atom. The first-order valence-electron chi connectivity index (χ1n) is 16.1. The number of methoxy groups -OCH3 is 1. The Bertz CT molecular complexity index is 2030. The third-order valence-corrected chi connectivity index (χ3v) is 8.38. The molecule has 0 fully saturated rings. The molecule has 0 amide bonds. The third-order valence-electron chi connectivity index (χ3n) is 8.38. The Kier molecular flexibility index (Phi) is 10.5. The van der Waals surface area contributed by atoms with Crippen LogP contribution < -0.4 is 26.2 Å². The predicted octanol–water partition coefficient (Wildman–Crippen LogP) is 6.81. The van der Waals surface area contributed by atoms with Crippen molar-refractivity contribution < 1.29 is 14.9 Å². The third kappa shape index (κ3) is 8.11. The van der Waals surface area contributed by atoms with Crippen molar-refractivity contribution in [3.05, 3.63) is 154 Å².